The molecule has 1 amide bonds. The minimum Gasteiger partial charge on any atom is -0.330 e. The summed E-state index contributed by atoms with van der Waals surface area (Å²) in [5.74, 6) is -0.130. The Bertz CT molecular complexity index is 581. The normalized spacial score (nSPS) is 10.2. The Morgan fingerprint density at radius 1 is 1.32 bits per heavy atom. The third-order valence-corrected chi connectivity index (χ3v) is 2.88. The molecule has 0 unspecified atom stereocenters. The summed E-state index contributed by atoms with van der Waals surface area (Å²) in [5.41, 5.74) is 8.76. The number of anilines is 1. The van der Waals surface area contributed by atoms with Gasteiger partial charge in [-0.2, -0.15) is 0 Å². The third kappa shape index (κ3) is 3.39. The van der Waals surface area contributed by atoms with Gasteiger partial charge in [0.05, 0.1) is 11.4 Å². The monoisotopic (exact) mass is 255 g/mol. The number of amides is 1. The molecular weight excluding hydrogens is 238 g/mol. The van der Waals surface area contributed by atoms with E-state index in [1.54, 1.807) is 18.3 Å². The molecule has 0 fully saturated rings. The molecule has 0 saturated heterocycles. The molecule has 4 nitrogen and oxygen atoms in total. The predicted octanol–water partition coefficient (Wildman–Crippen LogP) is 2.14. The van der Waals surface area contributed by atoms with Crippen LogP contribution in [0.15, 0.2) is 42.6 Å². The zero-order chi connectivity index (χ0) is 13.7. The molecule has 19 heavy (non-hydrogen) atoms. The van der Waals surface area contributed by atoms with Gasteiger partial charge >= 0.3 is 0 Å². The summed E-state index contributed by atoms with van der Waals surface area (Å²) >= 11 is 0. The Balaban J connectivity index is 2.16. The number of hydrogen-bond acceptors (Lipinski definition) is 3. The van der Waals surface area contributed by atoms with Gasteiger partial charge in [0.2, 0.25) is 0 Å². The van der Waals surface area contributed by atoms with Gasteiger partial charge in [-0.3, -0.25) is 9.78 Å². The van der Waals surface area contributed by atoms with Crippen molar-refractivity contribution in [2.24, 2.45) is 5.73 Å². The fraction of sp³-hybridized carbons (Fsp3) is 0.200. The van der Waals surface area contributed by atoms with E-state index in [1.807, 2.05) is 31.2 Å². The second kappa shape index (κ2) is 6.11. The Hall–Kier alpha value is -2.20. The SMILES string of the molecule is Cc1ncccc1NC(=O)c1cccc(CCN)c1. The standard InChI is InChI=1S/C15H17N3O/c1-11-14(6-3-9-17-11)18-15(19)13-5-2-4-12(10-13)7-8-16/h2-6,9-10H,7-8,16H2,1H3,(H,18,19). The molecule has 0 radical (unpaired) electrons. The Morgan fingerprint density at radius 3 is 2.89 bits per heavy atom. The fourth-order valence-electron chi connectivity index (χ4n) is 1.85. The molecule has 0 aliphatic rings. The third-order valence-electron chi connectivity index (χ3n) is 2.88. The van der Waals surface area contributed by atoms with Gasteiger partial charge in [-0.1, -0.05) is 12.1 Å². The number of pyridine rings is 1. The molecule has 0 aliphatic carbocycles. The van der Waals surface area contributed by atoms with Crippen molar-refractivity contribution in [1.82, 2.24) is 4.98 Å². The van der Waals surface area contributed by atoms with Crippen molar-refractivity contribution >= 4 is 11.6 Å². The summed E-state index contributed by atoms with van der Waals surface area (Å²) in [6, 6.07) is 11.1. The Labute approximate surface area is 112 Å². The van der Waals surface area contributed by atoms with E-state index in [9.17, 15) is 4.79 Å². The Morgan fingerprint density at radius 2 is 2.16 bits per heavy atom. The van der Waals surface area contributed by atoms with Crippen LogP contribution in [0.1, 0.15) is 21.6 Å². The van der Waals surface area contributed by atoms with Crippen LogP contribution in [0.3, 0.4) is 0 Å². The van der Waals surface area contributed by atoms with Crippen LogP contribution >= 0.6 is 0 Å². The molecule has 2 aromatic rings. The van der Waals surface area contributed by atoms with Gasteiger partial charge in [-0.25, -0.2) is 0 Å². The maximum Gasteiger partial charge on any atom is 0.255 e. The highest BCUT2D eigenvalue weighted by atomic mass is 16.1. The van der Waals surface area contributed by atoms with E-state index < -0.39 is 0 Å². The zero-order valence-corrected chi connectivity index (χ0v) is 10.9. The molecule has 1 aromatic heterocycles. The molecule has 98 valence electrons. The number of carbonyl (C=O) groups excluding carboxylic acids is 1. The number of carbonyl (C=O) groups is 1. The first-order valence-electron chi connectivity index (χ1n) is 6.22. The molecule has 1 aromatic carbocycles. The minimum atomic E-state index is -0.130. The van der Waals surface area contributed by atoms with E-state index in [4.69, 9.17) is 5.73 Å². The van der Waals surface area contributed by atoms with Gasteiger partial charge in [0.15, 0.2) is 0 Å². The van der Waals surface area contributed by atoms with E-state index in [-0.39, 0.29) is 5.91 Å². The van der Waals surface area contributed by atoms with E-state index in [1.165, 1.54) is 0 Å². The van der Waals surface area contributed by atoms with E-state index in [0.29, 0.717) is 12.1 Å². The molecule has 4 heteroatoms. The summed E-state index contributed by atoms with van der Waals surface area (Å²) in [6.45, 7) is 2.44. The lowest BCUT2D eigenvalue weighted by molar-refractivity contribution is 0.102. The van der Waals surface area contributed by atoms with Crippen LogP contribution in [0.4, 0.5) is 5.69 Å². The molecule has 0 bridgehead atoms. The molecule has 3 N–H and O–H groups in total. The predicted molar refractivity (Wildman–Crippen MR) is 76.1 cm³/mol. The first-order chi connectivity index (χ1) is 9.20. The van der Waals surface area contributed by atoms with Crippen molar-refractivity contribution in [2.75, 3.05) is 11.9 Å². The van der Waals surface area contributed by atoms with Gasteiger partial charge in [0, 0.05) is 11.8 Å². The molecule has 0 aliphatic heterocycles. The number of nitrogens with zero attached hydrogens (tertiary/aromatic N) is 1. The van der Waals surface area contributed by atoms with Crippen LogP contribution in [0.5, 0.6) is 0 Å². The average molecular weight is 255 g/mol. The van der Waals surface area contributed by atoms with E-state index >= 15 is 0 Å². The van der Waals surface area contributed by atoms with Crippen molar-refractivity contribution in [1.29, 1.82) is 0 Å². The number of hydrogen-bond donors (Lipinski definition) is 2. The highest BCUT2D eigenvalue weighted by molar-refractivity contribution is 6.04. The van der Waals surface area contributed by atoms with Gasteiger partial charge in [-0.15, -0.1) is 0 Å². The van der Waals surface area contributed by atoms with Crippen molar-refractivity contribution in [3.63, 3.8) is 0 Å². The van der Waals surface area contributed by atoms with E-state index in [0.717, 1.165) is 23.4 Å². The minimum absolute atomic E-state index is 0.130. The lowest BCUT2D eigenvalue weighted by Crippen LogP contribution is -2.13. The van der Waals surface area contributed by atoms with Crippen LogP contribution in [0.25, 0.3) is 0 Å². The van der Waals surface area contributed by atoms with Crippen LogP contribution in [0, 0.1) is 6.92 Å². The van der Waals surface area contributed by atoms with Crippen LogP contribution in [-0.4, -0.2) is 17.4 Å². The van der Waals surface area contributed by atoms with Crippen molar-refractivity contribution < 1.29 is 4.79 Å². The number of nitrogens with two attached hydrogens (primary N) is 1. The van der Waals surface area contributed by atoms with Gasteiger partial charge in [0.1, 0.15) is 0 Å². The fourth-order valence-corrected chi connectivity index (χ4v) is 1.85. The summed E-state index contributed by atoms with van der Waals surface area (Å²) in [6.07, 6.45) is 2.47. The van der Waals surface area contributed by atoms with E-state index in [2.05, 4.69) is 10.3 Å². The van der Waals surface area contributed by atoms with Crippen LogP contribution in [-0.2, 0) is 6.42 Å². The van der Waals surface area contributed by atoms with Crippen LogP contribution < -0.4 is 11.1 Å². The van der Waals surface area contributed by atoms with Gasteiger partial charge < -0.3 is 11.1 Å². The summed E-state index contributed by atoms with van der Waals surface area (Å²) in [7, 11) is 0. The molecule has 1 heterocycles. The summed E-state index contributed by atoms with van der Waals surface area (Å²) in [4.78, 5) is 16.3. The lowest BCUT2D eigenvalue weighted by atomic mass is 10.1. The lowest BCUT2D eigenvalue weighted by Gasteiger charge is -2.08. The first kappa shape index (κ1) is 13.2. The Kier molecular flexibility index (Phi) is 4.26. The van der Waals surface area contributed by atoms with Gasteiger partial charge in [0.25, 0.3) is 5.91 Å². The second-order valence-electron chi connectivity index (χ2n) is 4.33. The van der Waals surface area contributed by atoms with Crippen molar-refractivity contribution in [2.45, 2.75) is 13.3 Å². The first-order valence-corrected chi connectivity index (χ1v) is 6.22. The quantitative estimate of drug-likeness (QED) is 0.879. The number of nitrogens with one attached hydrogen (secondary N) is 1. The highest BCUT2D eigenvalue weighted by Crippen LogP contribution is 2.13. The summed E-state index contributed by atoms with van der Waals surface area (Å²) < 4.78 is 0. The van der Waals surface area contributed by atoms with Crippen molar-refractivity contribution in [3.8, 4) is 0 Å². The smallest absolute Gasteiger partial charge is 0.255 e. The largest absolute Gasteiger partial charge is 0.330 e. The topological polar surface area (TPSA) is 68.0 Å². The number of benzene rings is 1. The van der Waals surface area contributed by atoms with Crippen LogP contribution in [0.2, 0.25) is 0 Å². The maximum atomic E-state index is 12.2. The molecular formula is C15H17N3O. The second-order valence-corrected chi connectivity index (χ2v) is 4.33. The number of aromatic nitrogens is 1. The molecule has 0 saturated carbocycles. The number of rotatable bonds is 4. The highest BCUT2D eigenvalue weighted by Gasteiger charge is 2.08. The summed E-state index contributed by atoms with van der Waals surface area (Å²) in [5, 5.41) is 2.86. The van der Waals surface area contributed by atoms with Gasteiger partial charge in [-0.05, 0) is 49.7 Å². The average Bonchev–Trinajstić information content (AvgIpc) is 2.42. The number of aryl methyl sites for hydroxylation is 1. The maximum absolute atomic E-state index is 12.2. The zero-order valence-electron chi connectivity index (χ0n) is 10.9. The molecule has 0 atom stereocenters. The molecule has 2 rings (SSSR count). The molecule has 0 spiro atoms. The van der Waals surface area contributed by atoms with Crippen molar-refractivity contribution in [3.05, 3.63) is 59.4 Å².